The highest BCUT2D eigenvalue weighted by atomic mass is 32.1. The third-order valence-electron chi connectivity index (χ3n) is 4.62. The van der Waals surface area contributed by atoms with Gasteiger partial charge < -0.3 is 14.5 Å². The van der Waals surface area contributed by atoms with Gasteiger partial charge in [-0.15, -0.1) is 11.3 Å². The zero-order valence-corrected chi connectivity index (χ0v) is 15.1. The molecule has 7 heteroatoms. The molecule has 0 atom stereocenters. The van der Waals surface area contributed by atoms with Crippen molar-refractivity contribution in [1.29, 1.82) is 0 Å². The molecule has 2 aromatic heterocycles. The minimum atomic E-state index is 0.00909. The molecule has 1 aliphatic heterocycles. The number of hydrogen-bond donors (Lipinski definition) is 0. The van der Waals surface area contributed by atoms with Gasteiger partial charge in [0.1, 0.15) is 5.75 Å². The van der Waals surface area contributed by atoms with Crippen molar-refractivity contribution in [2.75, 3.05) is 40.3 Å². The summed E-state index contributed by atoms with van der Waals surface area (Å²) < 4.78 is 7.24. The van der Waals surface area contributed by atoms with Crippen molar-refractivity contribution >= 4 is 22.2 Å². The minimum Gasteiger partial charge on any atom is -0.497 e. The molecular formula is C18H20N4O2S. The number of piperazine rings is 1. The predicted molar refractivity (Wildman–Crippen MR) is 98.5 cm³/mol. The standard InChI is InChI=1S/C18H20N4O2S/c1-20-7-9-21(10-8-20)17(23)15-16(22-11-12-25-18(22)19-15)13-3-5-14(24-2)6-4-13/h3-6,11-12H,7-10H2,1-2H3. The Morgan fingerprint density at radius 3 is 2.56 bits per heavy atom. The van der Waals surface area contributed by atoms with E-state index < -0.39 is 0 Å². The van der Waals surface area contributed by atoms with Crippen LogP contribution in [0.1, 0.15) is 10.5 Å². The fraction of sp³-hybridized carbons (Fsp3) is 0.333. The second-order valence-corrected chi connectivity index (χ2v) is 7.06. The van der Waals surface area contributed by atoms with Gasteiger partial charge in [0.2, 0.25) is 0 Å². The van der Waals surface area contributed by atoms with Crippen LogP contribution in [0.3, 0.4) is 0 Å². The highest BCUT2D eigenvalue weighted by Crippen LogP contribution is 2.30. The van der Waals surface area contributed by atoms with Crippen molar-refractivity contribution in [3.63, 3.8) is 0 Å². The zero-order chi connectivity index (χ0) is 17.4. The number of amides is 1. The number of ether oxygens (including phenoxy) is 1. The number of fused-ring (bicyclic) bond motifs is 1. The second kappa shape index (κ2) is 6.50. The fourth-order valence-corrected chi connectivity index (χ4v) is 3.83. The van der Waals surface area contributed by atoms with Gasteiger partial charge in [-0.2, -0.15) is 0 Å². The van der Waals surface area contributed by atoms with Crippen molar-refractivity contribution < 1.29 is 9.53 Å². The number of likely N-dealkylation sites (N-methyl/N-ethyl adjacent to an activating group) is 1. The highest BCUT2D eigenvalue weighted by molar-refractivity contribution is 7.15. The van der Waals surface area contributed by atoms with E-state index in [-0.39, 0.29) is 5.91 Å². The van der Waals surface area contributed by atoms with E-state index in [1.54, 1.807) is 7.11 Å². The number of methoxy groups -OCH3 is 1. The van der Waals surface area contributed by atoms with E-state index >= 15 is 0 Å². The summed E-state index contributed by atoms with van der Waals surface area (Å²) in [7, 11) is 3.73. The van der Waals surface area contributed by atoms with Gasteiger partial charge in [-0.3, -0.25) is 9.20 Å². The molecule has 1 saturated heterocycles. The Balaban J connectivity index is 1.75. The molecule has 130 valence electrons. The molecule has 3 aromatic rings. The Hall–Kier alpha value is -2.38. The van der Waals surface area contributed by atoms with Crippen LogP contribution in [0, 0.1) is 0 Å². The first kappa shape index (κ1) is 16.1. The molecule has 1 aromatic carbocycles. The molecule has 3 heterocycles. The molecule has 0 unspecified atom stereocenters. The topological polar surface area (TPSA) is 50.1 Å². The molecule has 0 bridgehead atoms. The Kier molecular flexibility index (Phi) is 4.19. The molecule has 0 aliphatic carbocycles. The summed E-state index contributed by atoms with van der Waals surface area (Å²) in [5.74, 6) is 0.802. The van der Waals surface area contributed by atoms with Gasteiger partial charge in [-0.25, -0.2) is 4.98 Å². The lowest BCUT2D eigenvalue weighted by molar-refractivity contribution is 0.0660. The van der Waals surface area contributed by atoms with Crippen molar-refractivity contribution in [3.8, 4) is 17.0 Å². The largest absolute Gasteiger partial charge is 0.497 e. The number of carbonyl (C=O) groups is 1. The predicted octanol–water partition coefficient (Wildman–Crippen LogP) is 2.46. The molecule has 0 spiro atoms. The first-order valence-corrected chi connectivity index (χ1v) is 9.13. The molecule has 1 fully saturated rings. The molecule has 0 N–H and O–H groups in total. The van der Waals surface area contributed by atoms with Crippen molar-refractivity contribution in [2.24, 2.45) is 0 Å². The first-order chi connectivity index (χ1) is 12.2. The molecule has 0 saturated carbocycles. The van der Waals surface area contributed by atoms with Crippen LogP contribution in [0.5, 0.6) is 5.75 Å². The smallest absolute Gasteiger partial charge is 0.274 e. The van der Waals surface area contributed by atoms with Crippen LogP contribution in [-0.2, 0) is 0 Å². The highest BCUT2D eigenvalue weighted by Gasteiger charge is 2.27. The molecule has 0 radical (unpaired) electrons. The average Bonchev–Trinajstić information content (AvgIpc) is 3.23. The number of hydrogen-bond acceptors (Lipinski definition) is 5. The minimum absolute atomic E-state index is 0.00909. The Labute approximate surface area is 150 Å². The summed E-state index contributed by atoms with van der Waals surface area (Å²) in [4.78, 5) is 22.7. The number of imidazole rings is 1. The number of aromatic nitrogens is 2. The molecule has 4 rings (SSSR count). The summed E-state index contributed by atoms with van der Waals surface area (Å²) in [6.07, 6.45) is 1.97. The Morgan fingerprint density at radius 1 is 1.16 bits per heavy atom. The first-order valence-electron chi connectivity index (χ1n) is 8.25. The SMILES string of the molecule is COc1ccc(-c2c(C(=O)N3CCN(C)CC3)nc3sccn23)cc1. The monoisotopic (exact) mass is 356 g/mol. The molecule has 1 amide bonds. The number of nitrogens with zero attached hydrogens (tertiary/aromatic N) is 4. The van der Waals surface area contributed by atoms with Gasteiger partial charge >= 0.3 is 0 Å². The molecule has 25 heavy (non-hydrogen) atoms. The maximum Gasteiger partial charge on any atom is 0.274 e. The van der Waals surface area contributed by atoms with Gasteiger partial charge in [0.25, 0.3) is 5.91 Å². The van der Waals surface area contributed by atoms with E-state index in [4.69, 9.17) is 4.74 Å². The van der Waals surface area contributed by atoms with Crippen LogP contribution >= 0.6 is 11.3 Å². The summed E-state index contributed by atoms with van der Waals surface area (Å²) in [6.45, 7) is 3.27. The van der Waals surface area contributed by atoms with Gasteiger partial charge in [-0.05, 0) is 31.3 Å². The quantitative estimate of drug-likeness (QED) is 0.723. The Bertz CT molecular complexity index is 892. The van der Waals surface area contributed by atoms with E-state index in [0.29, 0.717) is 5.69 Å². The number of thiazole rings is 1. The second-order valence-electron chi connectivity index (χ2n) is 6.19. The van der Waals surface area contributed by atoms with Gasteiger partial charge in [0.15, 0.2) is 10.7 Å². The van der Waals surface area contributed by atoms with Crippen LogP contribution in [0.25, 0.3) is 16.2 Å². The Morgan fingerprint density at radius 2 is 1.88 bits per heavy atom. The molecular weight excluding hydrogens is 336 g/mol. The van der Waals surface area contributed by atoms with Gasteiger partial charge in [-0.1, -0.05) is 0 Å². The summed E-state index contributed by atoms with van der Waals surface area (Å²) >= 11 is 1.54. The maximum atomic E-state index is 13.1. The maximum absolute atomic E-state index is 13.1. The van der Waals surface area contributed by atoms with E-state index in [1.807, 2.05) is 45.1 Å². The van der Waals surface area contributed by atoms with E-state index in [1.165, 1.54) is 11.3 Å². The van der Waals surface area contributed by atoms with Crippen molar-refractivity contribution in [2.45, 2.75) is 0 Å². The van der Waals surface area contributed by atoms with Crippen LogP contribution in [0.2, 0.25) is 0 Å². The average molecular weight is 356 g/mol. The number of rotatable bonds is 3. The third-order valence-corrected chi connectivity index (χ3v) is 5.38. The zero-order valence-electron chi connectivity index (χ0n) is 14.3. The van der Waals surface area contributed by atoms with Crippen LogP contribution in [0.15, 0.2) is 35.8 Å². The van der Waals surface area contributed by atoms with Crippen molar-refractivity contribution in [1.82, 2.24) is 19.2 Å². The lowest BCUT2D eigenvalue weighted by atomic mass is 10.1. The summed E-state index contributed by atoms with van der Waals surface area (Å²) in [6, 6.07) is 7.76. The molecule has 1 aliphatic rings. The number of carbonyl (C=O) groups excluding carboxylic acids is 1. The molecule has 6 nitrogen and oxygen atoms in total. The lowest BCUT2D eigenvalue weighted by Crippen LogP contribution is -2.47. The van der Waals surface area contributed by atoms with Gasteiger partial charge in [0.05, 0.1) is 12.8 Å². The van der Waals surface area contributed by atoms with Crippen molar-refractivity contribution in [3.05, 3.63) is 41.5 Å². The van der Waals surface area contributed by atoms with E-state index in [2.05, 4.69) is 16.9 Å². The summed E-state index contributed by atoms with van der Waals surface area (Å²) in [5, 5.41) is 1.99. The normalized spacial score (nSPS) is 15.7. The fourth-order valence-electron chi connectivity index (χ4n) is 3.12. The lowest BCUT2D eigenvalue weighted by Gasteiger charge is -2.32. The van der Waals surface area contributed by atoms with E-state index in [9.17, 15) is 4.79 Å². The van der Waals surface area contributed by atoms with E-state index in [0.717, 1.165) is 48.1 Å². The third kappa shape index (κ3) is 2.89. The van der Waals surface area contributed by atoms with Crippen LogP contribution in [-0.4, -0.2) is 65.4 Å². The number of benzene rings is 1. The van der Waals surface area contributed by atoms with Gasteiger partial charge in [0, 0.05) is 43.3 Å². The summed E-state index contributed by atoms with van der Waals surface area (Å²) in [5.41, 5.74) is 2.34. The van der Waals surface area contributed by atoms with Crippen LogP contribution in [0.4, 0.5) is 0 Å². The van der Waals surface area contributed by atoms with Crippen LogP contribution < -0.4 is 4.74 Å².